The summed E-state index contributed by atoms with van der Waals surface area (Å²) in [6.07, 6.45) is 3.87. The Balaban J connectivity index is 3.01. The summed E-state index contributed by atoms with van der Waals surface area (Å²) in [7, 11) is -1.94. The van der Waals surface area contributed by atoms with E-state index >= 15 is 0 Å². The van der Waals surface area contributed by atoms with Gasteiger partial charge in [0.2, 0.25) is 0 Å². The quantitative estimate of drug-likeness (QED) is 0.589. The van der Waals surface area contributed by atoms with E-state index in [2.05, 4.69) is 4.74 Å². The van der Waals surface area contributed by atoms with E-state index in [1.165, 1.54) is 31.4 Å². The minimum atomic E-state index is -3.22. The molecule has 1 aromatic rings. The maximum atomic E-state index is 11.3. The van der Waals surface area contributed by atoms with Gasteiger partial charge in [-0.3, -0.25) is 0 Å². The Morgan fingerprint density at radius 3 is 2.62 bits per heavy atom. The monoisotopic (exact) mass is 240 g/mol. The van der Waals surface area contributed by atoms with Gasteiger partial charge >= 0.3 is 5.97 Å². The van der Waals surface area contributed by atoms with Crippen LogP contribution in [0.1, 0.15) is 5.56 Å². The molecule has 0 saturated heterocycles. The lowest BCUT2D eigenvalue weighted by molar-refractivity contribution is -0.134. The Morgan fingerprint density at radius 2 is 2.06 bits per heavy atom. The van der Waals surface area contributed by atoms with Crippen molar-refractivity contribution in [3.05, 3.63) is 35.9 Å². The van der Waals surface area contributed by atoms with Crippen LogP contribution >= 0.6 is 0 Å². The predicted octanol–water partition coefficient (Wildman–Crippen LogP) is 1.28. The topological polar surface area (TPSA) is 60.4 Å². The largest absolute Gasteiger partial charge is 0.466 e. The van der Waals surface area contributed by atoms with Crippen molar-refractivity contribution in [3.8, 4) is 0 Å². The van der Waals surface area contributed by atoms with E-state index in [1.807, 2.05) is 0 Å². The molecular weight excluding hydrogens is 228 g/mol. The molecule has 0 amide bonds. The zero-order valence-electron chi connectivity index (χ0n) is 9.01. The highest BCUT2D eigenvalue weighted by atomic mass is 32.2. The van der Waals surface area contributed by atoms with Crippen molar-refractivity contribution in [2.45, 2.75) is 4.90 Å². The van der Waals surface area contributed by atoms with Gasteiger partial charge in [0.25, 0.3) is 0 Å². The van der Waals surface area contributed by atoms with Crippen molar-refractivity contribution in [2.75, 3.05) is 13.4 Å². The second-order valence-corrected chi connectivity index (χ2v) is 5.22. The molecule has 0 aliphatic heterocycles. The highest BCUT2D eigenvalue weighted by molar-refractivity contribution is 7.90. The van der Waals surface area contributed by atoms with Gasteiger partial charge in [0, 0.05) is 12.3 Å². The molecule has 86 valence electrons. The molecule has 0 aliphatic carbocycles. The number of sulfone groups is 1. The van der Waals surface area contributed by atoms with Crippen LogP contribution in [0.2, 0.25) is 0 Å². The zero-order chi connectivity index (χ0) is 12.2. The first-order chi connectivity index (χ1) is 7.43. The van der Waals surface area contributed by atoms with Crippen LogP contribution < -0.4 is 0 Å². The number of carbonyl (C=O) groups is 1. The van der Waals surface area contributed by atoms with Gasteiger partial charge in [-0.1, -0.05) is 12.1 Å². The summed E-state index contributed by atoms with van der Waals surface area (Å²) >= 11 is 0. The first-order valence-electron chi connectivity index (χ1n) is 4.49. The Morgan fingerprint density at radius 1 is 1.38 bits per heavy atom. The van der Waals surface area contributed by atoms with Crippen LogP contribution in [0.25, 0.3) is 6.08 Å². The second-order valence-electron chi connectivity index (χ2n) is 3.20. The van der Waals surface area contributed by atoms with Gasteiger partial charge in [-0.2, -0.15) is 0 Å². The molecule has 4 nitrogen and oxygen atoms in total. The maximum Gasteiger partial charge on any atom is 0.330 e. The third-order valence-electron chi connectivity index (χ3n) is 1.90. The van der Waals surface area contributed by atoms with E-state index in [0.29, 0.717) is 5.56 Å². The number of benzene rings is 1. The summed E-state index contributed by atoms with van der Waals surface area (Å²) in [6.45, 7) is 0. The molecule has 16 heavy (non-hydrogen) atoms. The van der Waals surface area contributed by atoms with Crippen LogP contribution in [0.3, 0.4) is 0 Å². The average molecular weight is 240 g/mol. The molecule has 0 N–H and O–H groups in total. The molecule has 0 atom stereocenters. The van der Waals surface area contributed by atoms with Crippen molar-refractivity contribution in [1.29, 1.82) is 0 Å². The van der Waals surface area contributed by atoms with Crippen LogP contribution in [0.5, 0.6) is 0 Å². The summed E-state index contributed by atoms with van der Waals surface area (Å²) in [4.78, 5) is 11.1. The van der Waals surface area contributed by atoms with Crippen molar-refractivity contribution >= 4 is 21.9 Å². The van der Waals surface area contributed by atoms with Gasteiger partial charge in [0.1, 0.15) is 0 Å². The molecule has 0 bridgehead atoms. The minimum absolute atomic E-state index is 0.222. The fourth-order valence-corrected chi connectivity index (χ4v) is 1.76. The Hall–Kier alpha value is -1.62. The number of carbonyl (C=O) groups excluding carboxylic acids is 1. The standard InChI is InChI=1S/C11H12O4S/c1-15-11(12)7-6-9-4-3-5-10(8-9)16(2,13)14/h3-8H,1-2H3. The van der Waals surface area contributed by atoms with Crippen molar-refractivity contribution < 1.29 is 17.9 Å². The molecule has 5 heteroatoms. The molecule has 0 radical (unpaired) electrons. The van der Waals surface area contributed by atoms with E-state index in [4.69, 9.17) is 0 Å². The first kappa shape index (κ1) is 12.4. The lowest BCUT2D eigenvalue weighted by Crippen LogP contribution is -1.97. The normalized spacial score (nSPS) is 11.6. The SMILES string of the molecule is COC(=O)C=Cc1cccc(S(C)(=O)=O)c1. The van der Waals surface area contributed by atoms with Crippen molar-refractivity contribution in [1.82, 2.24) is 0 Å². The third-order valence-corrected chi connectivity index (χ3v) is 3.01. The summed E-state index contributed by atoms with van der Waals surface area (Å²) in [5, 5.41) is 0. The van der Waals surface area contributed by atoms with E-state index in [1.54, 1.807) is 12.1 Å². The zero-order valence-corrected chi connectivity index (χ0v) is 9.82. The number of rotatable bonds is 3. The maximum absolute atomic E-state index is 11.3. The van der Waals surface area contributed by atoms with Gasteiger partial charge in [-0.15, -0.1) is 0 Å². The summed E-state index contributed by atoms with van der Waals surface area (Å²) in [5.41, 5.74) is 0.633. The number of esters is 1. The van der Waals surface area contributed by atoms with Gasteiger partial charge in [0.05, 0.1) is 12.0 Å². The van der Waals surface area contributed by atoms with Gasteiger partial charge in [0.15, 0.2) is 9.84 Å². The summed E-state index contributed by atoms with van der Waals surface area (Å²) in [5.74, 6) is -0.482. The second kappa shape index (κ2) is 4.94. The predicted molar refractivity (Wildman–Crippen MR) is 60.6 cm³/mol. The lowest BCUT2D eigenvalue weighted by atomic mass is 10.2. The fourth-order valence-electron chi connectivity index (χ4n) is 1.08. The molecule has 0 aromatic heterocycles. The van der Waals surface area contributed by atoms with Crippen LogP contribution in [-0.4, -0.2) is 27.8 Å². The van der Waals surface area contributed by atoms with Crippen molar-refractivity contribution in [2.24, 2.45) is 0 Å². The van der Waals surface area contributed by atoms with Crippen molar-refractivity contribution in [3.63, 3.8) is 0 Å². The van der Waals surface area contributed by atoms with Crippen LogP contribution in [0, 0.1) is 0 Å². The molecule has 0 spiro atoms. The molecular formula is C11H12O4S. The van der Waals surface area contributed by atoms with E-state index in [-0.39, 0.29) is 4.90 Å². The number of hydrogen-bond donors (Lipinski definition) is 0. The summed E-state index contributed by atoms with van der Waals surface area (Å²) in [6, 6.07) is 6.32. The highest BCUT2D eigenvalue weighted by Gasteiger charge is 2.06. The Kier molecular flexibility index (Phi) is 3.84. The fraction of sp³-hybridized carbons (Fsp3) is 0.182. The van der Waals surface area contributed by atoms with Gasteiger partial charge in [-0.05, 0) is 23.8 Å². The average Bonchev–Trinajstić information content (AvgIpc) is 2.25. The molecule has 0 aliphatic rings. The van der Waals surface area contributed by atoms with Crippen LogP contribution in [0.4, 0.5) is 0 Å². The first-order valence-corrected chi connectivity index (χ1v) is 6.39. The van der Waals surface area contributed by atoms with Crippen LogP contribution in [-0.2, 0) is 19.4 Å². The molecule has 1 rings (SSSR count). The van der Waals surface area contributed by atoms with E-state index in [9.17, 15) is 13.2 Å². The summed E-state index contributed by atoms with van der Waals surface area (Å²) < 4.78 is 27.0. The molecule has 1 aromatic carbocycles. The third kappa shape index (κ3) is 3.51. The molecule has 0 unspecified atom stereocenters. The molecule has 0 fully saturated rings. The Bertz CT molecular complexity index is 515. The highest BCUT2D eigenvalue weighted by Crippen LogP contribution is 2.12. The Labute approximate surface area is 94.5 Å². The number of hydrogen-bond acceptors (Lipinski definition) is 4. The van der Waals surface area contributed by atoms with Crippen LogP contribution in [0.15, 0.2) is 35.2 Å². The molecule has 0 saturated carbocycles. The smallest absolute Gasteiger partial charge is 0.330 e. The number of ether oxygens (including phenoxy) is 1. The molecule has 0 heterocycles. The number of methoxy groups -OCH3 is 1. The lowest BCUT2D eigenvalue weighted by Gasteiger charge is -1.99. The van der Waals surface area contributed by atoms with E-state index < -0.39 is 15.8 Å². The van der Waals surface area contributed by atoms with Gasteiger partial charge in [-0.25, -0.2) is 13.2 Å². The van der Waals surface area contributed by atoms with Gasteiger partial charge < -0.3 is 4.74 Å². The minimum Gasteiger partial charge on any atom is -0.466 e. The van der Waals surface area contributed by atoms with E-state index in [0.717, 1.165) is 6.26 Å².